The van der Waals surface area contributed by atoms with Crippen LogP contribution in [0.2, 0.25) is 0 Å². The van der Waals surface area contributed by atoms with E-state index in [4.69, 9.17) is 9.47 Å². The molecule has 1 N–H and O–H groups in total. The number of rotatable bonds is 5. The van der Waals surface area contributed by atoms with E-state index in [0.717, 1.165) is 45.8 Å². The molecular formula is C14H28N2O2. The van der Waals surface area contributed by atoms with Crippen molar-refractivity contribution in [3.63, 3.8) is 0 Å². The molecule has 18 heavy (non-hydrogen) atoms. The molecule has 4 nitrogen and oxygen atoms in total. The van der Waals surface area contributed by atoms with Crippen molar-refractivity contribution in [3.05, 3.63) is 0 Å². The lowest BCUT2D eigenvalue weighted by Gasteiger charge is -2.45. The third-order valence-corrected chi connectivity index (χ3v) is 4.82. The highest BCUT2D eigenvalue weighted by Gasteiger charge is 2.40. The Kier molecular flexibility index (Phi) is 4.64. The molecule has 0 bridgehead atoms. The summed E-state index contributed by atoms with van der Waals surface area (Å²) in [5.41, 5.74) is 0.233. The van der Waals surface area contributed by atoms with Crippen LogP contribution in [0, 0.1) is 0 Å². The molecule has 2 aliphatic heterocycles. The predicted octanol–water partition coefficient (Wildman–Crippen LogP) is 1.26. The fraction of sp³-hybridized carbons (Fsp3) is 1.00. The van der Waals surface area contributed by atoms with Gasteiger partial charge >= 0.3 is 0 Å². The topological polar surface area (TPSA) is 33.7 Å². The van der Waals surface area contributed by atoms with E-state index >= 15 is 0 Å². The summed E-state index contributed by atoms with van der Waals surface area (Å²) in [5.74, 6) is 0. The van der Waals surface area contributed by atoms with Crippen LogP contribution in [0.5, 0.6) is 0 Å². The number of ether oxygens (including phenoxy) is 2. The zero-order chi connectivity index (χ0) is 13.1. The first-order valence-electron chi connectivity index (χ1n) is 7.28. The van der Waals surface area contributed by atoms with Crippen LogP contribution in [0.15, 0.2) is 0 Å². The van der Waals surface area contributed by atoms with Gasteiger partial charge in [0.15, 0.2) is 0 Å². The second-order valence-electron chi connectivity index (χ2n) is 5.81. The second-order valence-corrected chi connectivity index (χ2v) is 5.81. The van der Waals surface area contributed by atoms with Crippen LogP contribution in [0.25, 0.3) is 0 Å². The maximum atomic E-state index is 5.75. The van der Waals surface area contributed by atoms with Gasteiger partial charge in [0.2, 0.25) is 0 Å². The Hall–Kier alpha value is -0.160. The smallest absolute Gasteiger partial charge is 0.106 e. The molecule has 0 radical (unpaired) electrons. The summed E-state index contributed by atoms with van der Waals surface area (Å²) in [4.78, 5) is 2.56. The Morgan fingerprint density at radius 2 is 2.11 bits per heavy atom. The molecule has 0 aliphatic carbocycles. The summed E-state index contributed by atoms with van der Waals surface area (Å²) in [6.45, 7) is 10.5. The summed E-state index contributed by atoms with van der Waals surface area (Å²) in [6, 6.07) is 0. The molecular weight excluding hydrogens is 228 g/mol. The molecule has 106 valence electrons. The van der Waals surface area contributed by atoms with E-state index < -0.39 is 0 Å². The third-order valence-electron chi connectivity index (χ3n) is 4.82. The lowest BCUT2D eigenvalue weighted by atomic mass is 9.89. The van der Waals surface area contributed by atoms with Gasteiger partial charge in [-0.15, -0.1) is 0 Å². The van der Waals surface area contributed by atoms with Crippen molar-refractivity contribution >= 4 is 0 Å². The molecule has 0 aromatic heterocycles. The standard InChI is InChI=1S/C14H28N2O2/c1-4-13(5-2)10-16(8-7-15-13)11-14(17-3)6-9-18-12-14/h15H,4-12H2,1-3H3. The quantitative estimate of drug-likeness (QED) is 0.803. The number of nitrogens with one attached hydrogen (secondary N) is 1. The van der Waals surface area contributed by atoms with Crippen LogP contribution in [-0.4, -0.2) is 62.5 Å². The van der Waals surface area contributed by atoms with E-state index in [0.29, 0.717) is 5.54 Å². The minimum atomic E-state index is -0.0649. The normalized spacial score (nSPS) is 32.8. The van der Waals surface area contributed by atoms with Crippen LogP contribution in [-0.2, 0) is 9.47 Å². The lowest BCUT2D eigenvalue weighted by molar-refractivity contribution is -0.0503. The minimum absolute atomic E-state index is 0.0649. The van der Waals surface area contributed by atoms with Crippen LogP contribution in [0.4, 0.5) is 0 Å². The SMILES string of the molecule is CCC1(CC)CN(CC2(OC)CCOC2)CCN1. The van der Waals surface area contributed by atoms with Crippen LogP contribution in [0.3, 0.4) is 0 Å². The van der Waals surface area contributed by atoms with Gasteiger partial charge in [0.05, 0.1) is 6.61 Å². The van der Waals surface area contributed by atoms with Gasteiger partial charge in [-0.05, 0) is 12.8 Å². The maximum absolute atomic E-state index is 5.75. The van der Waals surface area contributed by atoms with E-state index in [1.165, 1.54) is 12.8 Å². The van der Waals surface area contributed by atoms with E-state index in [2.05, 4.69) is 24.1 Å². The molecule has 2 aliphatic rings. The molecule has 0 spiro atoms. The zero-order valence-electron chi connectivity index (χ0n) is 12.1. The summed E-state index contributed by atoms with van der Waals surface area (Å²) in [6.07, 6.45) is 3.41. The number of hydrogen-bond donors (Lipinski definition) is 1. The number of nitrogens with zero attached hydrogens (tertiary/aromatic N) is 1. The Balaban J connectivity index is 1.96. The van der Waals surface area contributed by atoms with Crippen molar-refractivity contribution in [1.29, 1.82) is 0 Å². The van der Waals surface area contributed by atoms with Gasteiger partial charge in [-0.1, -0.05) is 13.8 Å². The molecule has 1 atom stereocenters. The lowest BCUT2D eigenvalue weighted by Crippen LogP contribution is -2.62. The largest absolute Gasteiger partial charge is 0.378 e. The first kappa shape index (κ1) is 14.3. The summed E-state index contributed by atoms with van der Waals surface area (Å²) in [7, 11) is 1.82. The van der Waals surface area contributed by atoms with Gasteiger partial charge in [-0.25, -0.2) is 0 Å². The van der Waals surface area contributed by atoms with E-state index in [1.54, 1.807) is 0 Å². The van der Waals surface area contributed by atoms with E-state index in [1.807, 2.05) is 7.11 Å². The molecule has 0 aromatic rings. The van der Waals surface area contributed by atoms with Gasteiger partial charge in [0.1, 0.15) is 5.60 Å². The molecule has 2 saturated heterocycles. The average molecular weight is 256 g/mol. The van der Waals surface area contributed by atoms with Crippen LogP contribution in [0.1, 0.15) is 33.1 Å². The molecule has 4 heteroatoms. The molecule has 1 unspecified atom stereocenters. The number of hydrogen-bond acceptors (Lipinski definition) is 4. The molecule has 2 fully saturated rings. The predicted molar refractivity (Wildman–Crippen MR) is 72.9 cm³/mol. The number of methoxy groups -OCH3 is 1. The van der Waals surface area contributed by atoms with Gasteiger partial charge in [-0.3, -0.25) is 4.90 Å². The van der Waals surface area contributed by atoms with Crippen molar-refractivity contribution in [1.82, 2.24) is 10.2 Å². The highest BCUT2D eigenvalue weighted by molar-refractivity contribution is 4.96. The van der Waals surface area contributed by atoms with Crippen molar-refractivity contribution in [2.45, 2.75) is 44.2 Å². The van der Waals surface area contributed by atoms with Gasteiger partial charge < -0.3 is 14.8 Å². The Bertz CT molecular complexity index is 261. The zero-order valence-corrected chi connectivity index (χ0v) is 12.1. The first-order chi connectivity index (χ1) is 8.67. The van der Waals surface area contributed by atoms with Gasteiger partial charge in [-0.2, -0.15) is 0 Å². The van der Waals surface area contributed by atoms with Gasteiger partial charge in [0.25, 0.3) is 0 Å². The second kappa shape index (κ2) is 5.87. The van der Waals surface area contributed by atoms with Crippen molar-refractivity contribution in [2.75, 3.05) is 46.5 Å². The summed E-state index contributed by atoms with van der Waals surface area (Å²) in [5, 5.41) is 3.70. The summed E-state index contributed by atoms with van der Waals surface area (Å²) >= 11 is 0. The first-order valence-corrected chi connectivity index (χ1v) is 7.28. The fourth-order valence-corrected chi connectivity index (χ4v) is 3.25. The summed E-state index contributed by atoms with van der Waals surface area (Å²) < 4.78 is 11.3. The van der Waals surface area contributed by atoms with Crippen molar-refractivity contribution in [2.24, 2.45) is 0 Å². The Morgan fingerprint density at radius 1 is 1.33 bits per heavy atom. The van der Waals surface area contributed by atoms with Crippen molar-refractivity contribution < 1.29 is 9.47 Å². The fourth-order valence-electron chi connectivity index (χ4n) is 3.25. The monoisotopic (exact) mass is 256 g/mol. The molecule has 0 aromatic carbocycles. The Morgan fingerprint density at radius 3 is 2.67 bits per heavy atom. The minimum Gasteiger partial charge on any atom is -0.378 e. The average Bonchev–Trinajstić information content (AvgIpc) is 2.88. The molecule has 0 amide bonds. The highest BCUT2D eigenvalue weighted by atomic mass is 16.5. The number of piperazine rings is 1. The van der Waals surface area contributed by atoms with Crippen LogP contribution >= 0.6 is 0 Å². The highest BCUT2D eigenvalue weighted by Crippen LogP contribution is 2.27. The Labute approximate surface area is 111 Å². The molecule has 0 saturated carbocycles. The third kappa shape index (κ3) is 2.87. The molecule has 2 heterocycles. The van der Waals surface area contributed by atoms with E-state index in [-0.39, 0.29) is 5.60 Å². The molecule has 2 rings (SSSR count). The maximum Gasteiger partial charge on any atom is 0.106 e. The van der Waals surface area contributed by atoms with Crippen LogP contribution < -0.4 is 5.32 Å². The van der Waals surface area contributed by atoms with E-state index in [9.17, 15) is 0 Å². The van der Waals surface area contributed by atoms with Gasteiger partial charge in [0, 0.05) is 51.9 Å². The van der Waals surface area contributed by atoms with Crippen molar-refractivity contribution in [3.8, 4) is 0 Å².